The van der Waals surface area contributed by atoms with E-state index >= 15 is 0 Å². The molecule has 0 aliphatic carbocycles. The first-order valence-electron chi connectivity index (χ1n) is 7.04. The molecule has 1 aromatic rings. The van der Waals surface area contributed by atoms with Crippen molar-refractivity contribution >= 4 is 5.69 Å². The van der Waals surface area contributed by atoms with Crippen molar-refractivity contribution in [2.75, 3.05) is 25.4 Å². The first-order valence-corrected chi connectivity index (χ1v) is 7.04. The zero-order valence-electron chi connectivity index (χ0n) is 11.7. The number of rotatable bonds is 4. The van der Waals surface area contributed by atoms with E-state index in [1.807, 2.05) is 12.1 Å². The van der Waals surface area contributed by atoms with Crippen LogP contribution >= 0.6 is 0 Å². The number of pyridine rings is 1. The van der Waals surface area contributed by atoms with E-state index in [0.717, 1.165) is 24.3 Å². The molecule has 1 fully saturated rings. The summed E-state index contributed by atoms with van der Waals surface area (Å²) in [6, 6.07) is 3.97. The molecule has 0 radical (unpaired) electrons. The average molecular weight is 247 g/mol. The minimum Gasteiger partial charge on any atom is -0.397 e. The van der Waals surface area contributed by atoms with Gasteiger partial charge in [0.1, 0.15) is 0 Å². The standard InChI is InChI=1S/C15H25N3/c1-3-15(2)7-10-18(11-8-15)9-6-14-5-4-13(16)12-17-14/h4-5,12H,3,6-11,16H2,1-2H3. The van der Waals surface area contributed by atoms with Gasteiger partial charge in [-0.3, -0.25) is 4.98 Å². The van der Waals surface area contributed by atoms with Crippen LogP contribution in [0.1, 0.15) is 38.8 Å². The monoisotopic (exact) mass is 247 g/mol. The minimum absolute atomic E-state index is 0.579. The molecule has 2 N–H and O–H groups in total. The van der Waals surface area contributed by atoms with Crippen molar-refractivity contribution in [3.63, 3.8) is 0 Å². The summed E-state index contributed by atoms with van der Waals surface area (Å²) in [4.78, 5) is 6.92. The molecule has 3 nitrogen and oxygen atoms in total. The van der Waals surface area contributed by atoms with E-state index in [-0.39, 0.29) is 0 Å². The van der Waals surface area contributed by atoms with E-state index in [9.17, 15) is 0 Å². The Bertz CT molecular complexity index is 364. The van der Waals surface area contributed by atoms with Crippen molar-refractivity contribution in [3.8, 4) is 0 Å². The fourth-order valence-electron chi connectivity index (χ4n) is 2.53. The van der Waals surface area contributed by atoms with Crippen LogP contribution in [0.25, 0.3) is 0 Å². The highest BCUT2D eigenvalue weighted by Crippen LogP contribution is 2.33. The predicted octanol–water partition coefficient (Wildman–Crippen LogP) is 2.72. The lowest BCUT2D eigenvalue weighted by Crippen LogP contribution is -2.39. The van der Waals surface area contributed by atoms with Gasteiger partial charge in [-0.05, 0) is 43.5 Å². The van der Waals surface area contributed by atoms with Crippen LogP contribution in [0.4, 0.5) is 5.69 Å². The van der Waals surface area contributed by atoms with Crippen LogP contribution in [0, 0.1) is 5.41 Å². The molecule has 0 saturated carbocycles. The molecule has 0 bridgehead atoms. The lowest BCUT2D eigenvalue weighted by Gasteiger charge is -2.38. The normalized spacial score (nSPS) is 19.9. The maximum absolute atomic E-state index is 5.64. The smallest absolute Gasteiger partial charge is 0.0501 e. The fourth-order valence-corrected chi connectivity index (χ4v) is 2.53. The first-order chi connectivity index (χ1) is 8.61. The fraction of sp³-hybridized carbons (Fsp3) is 0.667. The molecule has 1 aliphatic rings. The van der Waals surface area contributed by atoms with Crippen LogP contribution in [0.2, 0.25) is 0 Å². The molecule has 2 rings (SSSR count). The van der Waals surface area contributed by atoms with Crippen LogP contribution in [-0.4, -0.2) is 29.5 Å². The van der Waals surface area contributed by atoms with Crippen LogP contribution in [0.3, 0.4) is 0 Å². The highest BCUT2D eigenvalue weighted by molar-refractivity contribution is 5.34. The van der Waals surface area contributed by atoms with Gasteiger partial charge in [0.25, 0.3) is 0 Å². The molecule has 0 unspecified atom stereocenters. The summed E-state index contributed by atoms with van der Waals surface area (Å²) in [5.41, 5.74) is 8.11. The zero-order chi connectivity index (χ0) is 13.0. The van der Waals surface area contributed by atoms with Crippen molar-refractivity contribution in [3.05, 3.63) is 24.0 Å². The lowest BCUT2D eigenvalue weighted by molar-refractivity contribution is 0.115. The molecular weight excluding hydrogens is 222 g/mol. The summed E-state index contributed by atoms with van der Waals surface area (Å²) in [5, 5.41) is 0. The summed E-state index contributed by atoms with van der Waals surface area (Å²) in [6.07, 6.45) is 6.75. The molecule has 0 atom stereocenters. The largest absolute Gasteiger partial charge is 0.397 e. The number of nitrogens with zero attached hydrogens (tertiary/aromatic N) is 2. The zero-order valence-corrected chi connectivity index (χ0v) is 11.7. The molecule has 1 aliphatic heterocycles. The maximum Gasteiger partial charge on any atom is 0.0501 e. The number of anilines is 1. The van der Waals surface area contributed by atoms with Gasteiger partial charge in [-0.25, -0.2) is 0 Å². The Morgan fingerprint density at radius 3 is 2.61 bits per heavy atom. The van der Waals surface area contributed by atoms with Gasteiger partial charge < -0.3 is 10.6 Å². The SMILES string of the molecule is CCC1(C)CCN(CCc2ccc(N)cn2)CC1. The highest BCUT2D eigenvalue weighted by atomic mass is 15.1. The number of likely N-dealkylation sites (tertiary alicyclic amines) is 1. The quantitative estimate of drug-likeness (QED) is 0.889. The summed E-state index contributed by atoms with van der Waals surface area (Å²) < 4.78 is 0. The molecule has 0 aromatic carbocycles. The number of piperidine rings is 1. The molecular formula is C15H25N3. The Hall–Kier alpha value is -1.09. The average Bonchev–Trinajstić information content (AvgIpc) is 2.40. The number of aromatic nitrogens is 1. The lowest BCUT2D eigenvalue weighted by atomic mass is 9.78. The van der Waals surface area contributed by atoms with Gasteiger partial charge in [0.05, 0.1) is 11.9 Å². The van der Waals surface area contributed by atoms with E-state index in [1.165, 1.54) is 32.4 Å². The number of hydrogen-bond donors (Lipinski definition) is 1. The molecule has 18 heavy (non-hydrogen) atoms. The van der Waals surface area contributed by atoms with Gasteiger partial charge in [-0.15, -0.1) is 0 Å². The number of nitrogen functional groups attached to an aromatic ring is 1. The minimum atomic E-state index is 0.579. The van der Waals surface area contributed by atoms with Gasteiger partial charge in [0.15, 0.2) is 0 Å². The topological polar surface area (TPSA) is 42.1 Å². The van der Waals surface area contributed by atoms with Crippen molar-refractivity contribution in [1.29, 1.82) is 0 Å². The summed E-state index contributed by atoms with van der Waals surface area (Å²) in [6.45, 7) is 8.33. The van der Waals surface area contributed by atoms with Gasteiger partial charge in [-0.2, -0.15) is 0 Å². The Morgan fingerprint density at radius 1 is 1.33 bits per heavy atom. The second kappa shape index (κ2) is 5.70. The third-order valence-corrected chi connectivity index (χ3v) is 4.45. The van der Waals surface area contributed by atoms with Crippen LogP contribution in [0.15, 0.2) is 18.3 Å². The van der Waals surface area contributed by atoms with Crippen molar-refractivity contribution in [1.82, 2.24) is 9.88 Å². The molecule has 3 heteroatoms. The van der Waals surface area contributed by atoms with E-state index in [0.29, 0.717) is 5.41 Å². The van der Waals surface area contributed by atoms with Gasteiger partial charge in [0.2, 0.25) is 0 Å². The molecule has 0 spiro atoms. The molecule has 1 aromatic heterocycles. The van der Waals surface area contributed by atoms with Crippen molar-refractivity contribution in [2.24, 2.45) is 5.41 Å². The third-order valence-electron chi connectivity index (χ3n) is 4.45. The van der Waals surface area contributed by atoms with Gasteiger partial charge >= 0.3 is 0 Å². The van der Waals surface area contributed by atoms with E-state index in [4.69, 9.17) is 5.73 Å². The second-order valence-corrected chi connectivity index (χ2v) is 5.84. The van der Waals surface area contributed by atoms with Crippen LogP contribution in [0.5, 0.6) is 0 Å². The van der Waals surface area contributed by atoms with Crippen molar-refractivity contribution in [2.45, 2.75) is 39.5 Å². The third kappa shape index (κ3) is 3.45. The Labute approximate surface area is 110 Å². The maximum atomic E-state index is 5.64. The predicted molar refractivity (Wildman–Crippen MR) is 76.4 cm³/mol. The molecule has 2 heterocycles. The van der Waals surface area contributed by atoms with E-state index < -0.39 is 0 Å². The van der Waals surface area contributed by atoms with Crippen LogP contribution in [-0.2, 0) is 6.42 Å². The number of nitrogens with two attached hydrogens (primary N) is 1. The second-order valence-electron chi connectivity index (χ2n) is 5.84. The molecule has 100 valence electrons. The molecule has 1 saturated heterocycles. The van der Waals surface area contributed by atoms with E-state index in [2.05, 4.69) is 23.7 Å². The van der Waals surface area contributed by atoms with E-state index in [1.54, 1.807) is 6.20 Å². The first kappa shape index (κ1) is 13.3. The Kier molecular flexibility index (Phi) is 4.23. The van der Waals surface area contributed by atoms with Gasteiger partial charge in [0, 0.05) is 18.7 Å². The highest BCUT2D eigenvalue weighted by Gasteiger charge is 2.27. The Balaban J connectivity index is 1.77. The Morgan fingerprint density at radius 2 is 2.06 bits per heavy atom. The summed E-state index contributed by atoms with van der Waals surface area (Å²) >= 11 is 0. The molecule has 0 amide bonds. The number of hydrogen-bond acceptors (Lipinski definition) is 3. The van der Waals surface area contributed by atoms with Crippen molar-refractivity contribution < 1.29 is 0 Å². The summed E-state index contributed by atoms with van der Waals surface area (Å²) in [5.74, 6) is 0. The van der Waals surface area contributed by atoms with Gasteiger partial charge in [-0.1, -0.05) is 20.3 Å². The summed E-state index contributed by atoms with van der Waals surface area (Å²) in [7, 11) is 0. The van der Waals surface area contributed by atoms with Crippen LogP contribution < -0.4 is 5.73 Å².